The van der Waals surface area contributed by atoms with Gasteiger partial charge in [0.2, 0.25) is 5.91 Å². The zero-order valence-corrected chi connectivity index (χ0v) is 11.2. The first-order valence-electron chi connectivity index (χ1n) is 6.81. The van der Waals surface area contributed by atoms with Crippen molar-refractivity contribution in [3.05, 3.63) is 29.3 Å². The van der Waals surface area contributed by atoms with Crippen molar-refractivity contribution in [2.24, 2.45) is 0 Å². The largest absolute Gasteiger partial charge is 0.493 e. The molecule has 0 bridgehead atoms. The first-order valence-corrected chi connectivity index (χ1v) is 6.81. The summed E-state index contributed by atoms with van der Waals surface area (Å²) < 4.78 is 43.6. The highest BCUT2D eigenvalue weighted by Gasteiger charge is 2.35. The summed E-state index contributed by atoms with van der Waals surface area (Å²) in [6, 6.07) is 3.30. The fourth-order valence-corrected chi connectivity index (χ4v) is 2.82. The van der Waals surface area contributed by atoms with Crippen LogP contribution in [0, 0.1) is 0 Å². The standard InChI is InChI=1S/C14H15F3N2O2/c15-14(16,17)9-1-2-10-11(3-6-21-12(10)7-9)19-5-4-18-8-13(19)20/h1-2,7,11,18H,3-6,8H2. The molecule has 1 atom stereocenters. The first kappa shape index (κ1) is 14.2. The molecule has 0 aromatic heterocycles. The van der Waals surface area contributed by atoms with Gasteiger partial charge in [-0.1, -0.05) is 6.07 Å². The van der Waals surface area contributed by atoms with Gasteiger partial charge in [-0.15, -0.1) is 0 Å². The lowest BCUT2D eigenvalue weighted by molar-refractivity contribution is -0.138. The van der Waals surface area contributed by atoms with Gasteiger partial charge in [0, 0.05) is 25.1 Å². The Morgan fingerprint density at radius 1 is 1.33 bits per heavy atom. The minimum absolute atomic E-state index is 0.0287. The van der Waals surface area contributed by atoms with Gasteiger partial charge in [-0.05, 0) is 12.1 Å². The van der Waals surface area contributed by atoms with Gasteiger partial charge < -0.3 is 15.0 Å². The smallest absolute Gasteiger partial charge is 0.416 e. The fourth-order valence-electron chi connectivity index (χ4n) is 2.82. The van der Waals surface area contributed by atoms with Crippen molar-refractivity contribution in [3.63, 3.8) is 0 Å². The van der Waals surface area contributed by atoms with Gasteiger partial charge in [0.25, 0.3) is 0 Å². The second-order valence-electron chi connectivity index (χ2n) is 5.17. The molecule has 21 heavy (non-hydrogen) atoms. The highest BCUT2D eigenvalue weighted by molar-refractivity contribution is 5.79. The molecule has 1 saturated heterocycles. The maximum atomic E-state index is 12.7. The molecule has 2 aliphatic rings. The van der Waals surface area contributed by atoms with Gasteiger partial charge >= 0.3 is 6.18 Å². The van der Waals surface area contributed by atoms with Gasteiger partial charge in [0.15, 0.2) is 0 Å². The number of halogens is 3. The Bertz CT molecular complexity index is 560. The number of piperazine rings is 1. The number of ether oxygens (including phenoxy) is 1. The van der Waals surface area contributed by atoms with Crippen molar-refractivity contribution >= 4 is 5.91 Å². The summed E-state index contributed by atoms with van der Waals surface area (Å²) in [6.45, 7) is 1.84. The van der Waals surface area contributed by atoms with E-state index < -0.39 is 11.7 Å². The Kier molecular flexibility index (Phi) is 3.52. The van der Waals surface area contributed by atoms with Crippen LogP contribution in [-0.4, -0.2) is 37.0 Å². The monoisotopic (exact) mass is 300 g/mol. The molecule has 114 valence electrons. The summed E-state index contributed by atoms with van der Waals surface area (Å²) >= 11 is 0. The Hall–Kier alpha value is -1.76. The molecule has 1 amide bonds. The average molecular weight is 300 g/mol. The second-order valence-corrected chi connectivity index (χ2v) is 5.17. The number of hydrogen-bond acceptors (Lipinski definition) is 3. The van der Waals surface area contributed by atoms with Crippen molar-refractivity contribution in [1.82, 2.24) is 10.2 Å². The maximum Gasteiger partial charge on any atom is 0.416 e. The lowest BCUT2D eigenvalue weighted by atomic mass is 9.96. The van der Waals surface area contributed by atoms with E-state index in [1.807, 2.05) is 0 Å². The zero-order valence-electron chi connectivity index (χ0n) is 11.2. The van der Waals surface area contributed by atoms with Crippen LogP contribution in [0.2, 0.25) is 0 Å². The lowest BCUT2D eigenvalue weighted by Crippen LogP contribution is -2.50. The van der Waals surface area contributed by atoms with E-state index in [1.54, 1.807) is 4.90 Å². The number of nitrogens with one attached hydrogen (secondary N) is 1. The number of nitrogens with zero attached hydrogens (tertiary/aromatic N) is 1. The molecular weight excluding hydrogens is 285 g/mol. The number of hydrogen-bond donors (Lipinski definition) is 1. The Labute approximate surface area is 119 Å². The minimum atomic E-state index is -4.39. The van der Waals surface area contributed by atoms with Gasteiger partial charge in [-0.3, -0.25) is 4.79 Å². The van der Waals surface area contributed by atoms with Crippen molar-refractivity contribution in [2.45, 2.75) is 18.6 Å². The summed E-state index contributed by atoms with van der Waals surface area (Å²) in [5, 5.41) is 2.99. The molecule has 0 saturated carbocycles. The number of benzene rings is 1. The molecule has 3 rings (SSSR count). The third kappa shape index (κ3) is 2.70. The SMILES string of the molecule is O=C1CNCCN1C1CCOc2cc(C(F)(F)F)ccc21. The molecule has 7 heteroatoms. The van der Waals surface area contributed by atoms with E-state index in [1.165, 1.54) is 6.07 Å². The van der Waals surface area contributed by atoms with E-state index in [9.17, 15) is 18.0 Å². The first-order chi connectivity index (χ1) is 9.97. The normalized spacial score (nSPS) is 22.7. The molecule has 1 fully saturated rings. The maximum absolute atomic E-state index is 12.7. The molecular formula is C14H15F3N2O2. The number of carbonyl (C=O) groups excluding carboxylic acids is 1. The lowest BCUT2D eigenvalue weighted by Gasteiger charge is -2.38. The predicted octanol–water partition coefficient (Wildman–Crippen LogP) is 1.96. The zero-order chi connectivity index (χ0) is 15.0. The average Bonchev–Trinajstić information content (AvgIpc) is 2.46. The Morgan fingerprint density at radius 2 is 2.14 bits per heavy atom. The van der Waals surface area contributed by atoms with Crippen LogP contribution in [0.4, 0.5) is 13.2 Å². The second kappa shape index (κ2) is 5.22. The van der Waals surface area contributed by atoms with Crippen LogP contribution in [0.15, 0.2) is 18.2 Å². The van der Waals surface area contributed by atoms with Crippen LogP contribution >= 0.6 is 0 Å². The van der Waals surface area contributed by atoms with Crippen LogP contribution in [0.25, 0.3) is 0 Å². The molecule has 2 aliphatic heterocycles. The van der Waals surface area contributed by atoms with E-state index in [4.69, 9.17) is 4.74 Å². The topological polar surface area (TPSA) is 41.6 Å². The van der Waals surface area contributed by atoms with Crippen molar-refractivity contribution in [1.29, 1.82) is 0 Å². The van der Waals surface area contributed by atoms with Crippen LogP contribution < -0.4 is 10.1 Å². The Morgan fingerprint density at radius 3 is 2.86 bits per heavy atom. The number of amides is 1. The van der Waals surface area contributed by atoms with Gasteiger partial charge in [0.05, 0.1) is 24.8 Å². The van der Waals surface area contributed by atoms with Gasteiger partial charge in [-0.2, -0.15) is 13.2 Å². The highest BCUT2D eigenvalue weighted by Crippen LogP contribution is 2.40. The van der Waals surface area contributed by atoms with E-state index in [-0.39, 0.29) is 24.2 Å². The molecule has 0 aliphatic carbocycles. The molecule has 4 nitrogen and oxygen atoms in total. The molecule has 0 spiro atoms. The van der Waals surface area contributed by atoms with E-state index >= 15 is 0 Å². The van der Waals surface area contributed by atoms with E-state index in [2.05, 4.69) is 5.32 Å². The third-order valence-electron chi connectivity index (χ3n) is 3.85. The molecule has 1 aromatic rings. The summed E-state index contributed by atoms with van der Waals surface area (Å²) in [7, 11) is 0. The van der Waals surface area contributed by atoms with E-state index in [0.717, 1.165) is 12.1 Å². The van der Waals surface area contributed by atoms with Gasteiger partial charge in [0.1, 0.15) is 5.75 Å². The van der Waals surface area contributed by atoms with Crippen molar-refractivity contribution in [3.8, 4) is 5.75 Å². The van der Waals surface area contributed by atoms with Crippen molar-refractivity contribution < 1.29 is 22.7 Å². The van der Waals surface area contributed by atoms with Crippen molar-refractivity contribution in [2.75, 3.05) is 26.2 Å². The Balaban J connectivity index is 1.93. The van der Waals surface area contributed by atoms with E-state index in [0.29, 0.717) is 31.7 Å². The molecule has 1 unspecified atom stereocenters. The van der Waals surface area contributed by atoms with Crippen LogP contribution in [0.5, 0.6) is 5.75 Å². The highest BCUT2D eigenvalue weighted by atomic mass is 19.4. The number of fused-ring (bicyclic) bond motifs is 1. The van der Waals surface area contributed by atoms with Gasteiger partial charge in [-0.25, -0.2) is 0 Å². The van der Waals surface area contributed by atoms with Crippen LogP contribution in [0.1, 0.15) is 23.6 Å². The predicted molar refractivity (Wildman–Crippen MR) is 68.9 cm³/mol. The molecule has 0 radical (unpaired) electrons. The molecule has 1 N–H and O–H groups in total. The summed E-state index contributed by atoms with van der Waals surface area (Å²) in [5.41, 5.74) is -0.0713. The summed E-state index contributed by atoms with van der Waals surface area (Å²) in [4.78, 5) is 13.7. The quantitative estimate of drug-likeness (QED) is 0.862. The summed E-state index contributed by atoms with van der Waals surface area (Å²) in [5.74, 6) is 0.200. The molecule has 2 heterocycles. The number of carbonyl (C=O) groups is 1. The fraction of sp³-hybridized carbons (Fsp3) is 0.500. The van der Waals surface area contributed by atoms with Crippen LogP contribution in [0.3, 0.4) is 0 Å². The number of alkyl halides is 3. The minimum Gasteiger partial charge on any atom is -0.493 e. The molecule has 1 aromatic carbocycles. The third-order valence-corrected chi connectivity index (χ3v) is 3.85. The van der Waals surface area contributed by atoms with Crippen LogP contribution in [-0.2, 0) is 11.0 Å². The number of rotatable bonds is 1. The summed E-state index contributed by atoms with van der Waals surface area (Å²) in [6.07, 6.45) is -3.79.